The summed E-state index contributed by atoms with van der Waals surface area (Å²) in [6, 6.07) is 9.88. The topological polar surface area (TPSA) is 63.1 Å². The van der Waals surface area contributed by atoms with Crippen molar-refractivity contribution in [3.63, 3.8) is 0 Å². The van der Waals surface area contributed by atoms with Gasteiger partial charge in [0.15, 0.2) is 0 Å². The lowest BCUT2D eigenvalue weighted by Crippen LogP contribution is -2.49. The van der Waals surface area contributed by atoms with Crippen LogP contribution in [0.1, 0.15) is 21.5 Å². The average Bonchev–Trinajstić information content (AvgIpc) is 3.31. The van der Waals surface area contributed by atoms with Gasteiger partial charge in [-0.3, -0.25) is 4.79 Å². The van der Waals surface area contributed by atoms with E-state index < -0.39 is 0 Å². The second kappa shape index (κ2) is 9.32. The van der Waals surface area contributed by atoms with E-state index in [1.807, 2.05) is 53.0 Å². The summed E-state index contributed by atoms with van der Waals surface area (Å²) in [5, 5.41) is 4.23. The molecular weight excluding hydrogens is 405 g/mol. The first-order chi connectivity index (χ1) is 12.2. The van der Waals surface area contributed by atoms with Crippen LogP contribution in [0, 0.1) is 0 Å². The molecule has 1 saturated heterocycles. The predicted octanol–water partition coefficient (Wildman–Crippen LogP) is 3.17. The van der Waals surface area contributed by atoms with Gasteiger partial charge >= 0.3 is 0 Å². The fourth-order valence-corrected chi connectivity index (χ4v) is 3.98. The van der Waals surface area contributed by atoms with Gasteiger partial charge in [-0.05, 0) is 0 Å². The summed E-state index contributed by atoms with van der Waals surface area (Å²) in [7, 11) is 1.96. The summed E-state index contributed by atoms with van der Waals surface area (Å²) >= 11 is 1.44. The Morgan fingerprint density at radius 3 is 2.70 bits per heavy atom. The van der Waals surface area contributed by atoms with Gasteiger partial charge in [0.25, 0.3) is 5.91 Å². The Morgan fingerprint density at radius 1 is 1.22 bits per heavy atom. The van der Waals surface area contributed by atoms with Gasteiger partial charge in [0.1, 0.15) is 21.8 Å². The van der Waals surface area contributed by atoms with Crippen LogP contribution in [0.25, 0.3) is 10.6 Å². The first kappa shape index (κ1) is 21.4. The molecule has 2 aromatic heterocycles. The van der Waals surface area contributed by atoms with Crippen molar-refractivity contribution in [3.05, 3.63) is 59.6 Å². The van der Waals surface area contributed by atoms with Gasteiger partial charge in [0.05, 0.1) is 6.20 Å². The van der Waals surface area contributed by atoms with Crippen LogP contribution in [0.5, 0.6) is 0 Å². The number of hydrogen-bond acceptors (Lipinski definition) is 5. The molecule has 1 aliphatic heterocycles. The Labute approximate surface area is 174 Å². The standard InChI is InChI=1S/C18H19N5OS.2ClH/c1-22-9-8-20-16(22)14-11-19-7-10-23(14)18(24)15-12-21-17(25-15)13-5-3-2-4-6-13;;/h2-6,8-9,12,14,19H,7,10-11H2,1H3;2*1H. The molecule has 0 bridgehead atoms. The molecule has 9 heteroatoms. The molecule has 0 aliphatic carbocycles. The minimum Gasteiger partial charge on any atom is -0.336 e. The van der Waals surface area contributed by atoms with Crippen molar-refractivity contribution in [1.29, 1.82) is 0 Å². The third-order valence-electron chi connectivity index (χ3n) is 4.40. The van der Waals surface area contributed by atoms with E-state index in [-0.39, 0.29) is 36.8 Å². The highest BCUT2D eigenvalue weighted by Crippen LogP contribution is 2.28. The summed E-state index contributed by atoms with van der Waals surface area (Å²) in [4.78, 5) is 24.5. The van der Waals surface area contributed by atoms with Gasteiger partial charge in [-0.25, -0.2) is 9.97 Å². The molecule has 1 atom stereocenters. The highest BCUT2D eigenvalue weighted by atomic mass is 35.5. The zero-order chi connectivity index (χ0) is 17.2. The number of hydrogen-bond donors (Lipinski definition) is 1. The number of rotatable bonds is 3. The number of piperazine rings is 1. The van der Waals surface area contributed by atoms with Gasteiger partial charge in [-0.15, -0.1) is 36.2 Å². The Kier molecular flexibility index (Phi) is 7.38. The molecule has 1 N–H and O–H groups in total. The third-order valence-corrected chi connectivity index (χ3v) is 5.43. The Hall–Kier alpha value is -1.93. The summed E-state index contributed by atoms with van der Waals surface area (Å²) in [6.07, 6.45) is 5.37. The van der Waals surface area contributed by atoms with Crippen molar-refractivity contribution in [2.45, 2.75) is 6.04 Å². The number of amides is 1. The summed E-state index contributed by atoms with van der Waals surface area (Å²) in [5.41, 5.74) is 1.03. The lowest BCUT2D eigenvalue weighted by molar-refractivity contribution is 0.0625. The highest BCUT2D eigenvalue weighted by molar-refractivity contribution is 7.16. The fraction of sp³-hybridized carbons (Fsp3) is 0.278. The first-order valence-electron chi connectivity index (χ1n) is 8.24. The van der Waals surface area contributed by atoms with E-state index in [2.05, 4.69) is 15.3 Å². The van der Waals surface area contributed by atoms with E-state index >= 15 is 0 Å². The Balaban J connectivity index is 0.00000131. The molecule has 1 aromatic carbocycles. The van der Waals surface area contributed by atoms with E-state index in [0.29, 0.717) is 18.0 Å². The summed E-state index contributed by atoms with van der Waals surface area (Å²) in [5.74, 6) is 0.919. The molecule has 4 rings (SSSR count). The van der Waals surface area contributed by atoms with Gasteiger partial charge in [-0.2, -0.15) is 0 Å². The monoisotopic (exact) mass is 425 g/mol. The molecule has 1 amide bonds. The number of aryl methyl sites for hydroxylation is 1. The van der Waals surface area contributed by atoms with Crippen molar-refractivity contribution in [2.75, 3.05) is 19.6 Å². The summed E-state index contributed by atoms with van der Waals surface area (Å²) < 4.78 is 1.97. The normalized spacial score (nSPS) is 16.3. The predicted molar refractivity (Wildman–Crippen MR) is 112 cm³/mol. The summed E-state index contributed by atoms with van der Waals surface area (Å²) in [6.45, 7) is 2.16. The molecule has 144 valence electrons. The average molecular weight is 426 g/mol. The molecule has 1 fully saturated rings. The van der Waals surface area contributed by atoms with Crippen LogP contribution >= 0.6 is 36.2 Å². The molecule has 0 spiro atoms. The number of nitrogens with one attached hydrogen (secondary N) is 1. The molecule has 6 nitrogen and oxygen atoms in total. The minimum atomic E-state index is -0.0662. The molecule has 1 aliphatic rings. The van der Waals surface area contributed by atoms with E-state index in [1.165, 1.54) is 11.3 Å². The SMILES string of the molecule is Cl.Cl.Cn1ccnc1C1CNCCN1C(=O)c1cnc(-c2ccccc2)s1. The Morgan fingerprint density at radius 2 is 2.00 bits per heavy atom. The van der Waals surface area contributed by atoms with Crippen LogP contribution in [0.4, 0.5) is 0 Å². The van der Waals surface area contributed by atoms with Crippen LogP contribution in [0.2, 0.25) is 0 Å². The van der Waals surface area contributed by atoms with Crippen molar-refractivity contribution in [3.8, 4) is 10.6 Å². The Bertz CT molecular complexity index is 883. The second-order valence-corrected chi connectivity index (χ2v) is 7.04. The van der Waals surface area contributed by atoms with E-state index in [1.54, 1.807) is 12.4 Å². The molecule has 3 heterocycles. The maximum Gasteiger partial charge on any atom is 0.266 e. The molecule has 3 aromatic rings. The van der Waals surface area contributed by atoms with Gasteiger partial charge < -0.3 is 14.8 Å². The van der Waals surface area contributed by atoms with Crippen LogP contribution in [0.3, 0.4) is 0 Å². The number of thiazole rings is 1. The molecule has 0 radical (unpaired) electrons. The quantitative estimate of drug-likeness (QED) is 0.699. The molecular formula is C18H21Cl2N5OS. The van der Waals surface area contributed by atoms with Gasteiger partial charge in [0.2, 0.25) is 0 Å². The minimum absolute atomic E-state index is 0. The zero-order valence-electron chi connectivity index (χ0n) is 14.7. The number of benzene rings is 1. The lowest BCUT2D eigenvalue weighted by atomic mass is 10.1. The number of imidazole rings is 1. The van der Waals surface area contributed by atoms with Gasteiger partial charge in [-0.1, -0.05) is 30.3 Å². The number of aromatic nitrogens is 3. The van der Waals surface area contributed by atoms with Crippen LogP contribution in [-0.4, -0.2) is 45.0 Å². The van der Waals surface area contributed by atoms with Crippen LogP contribution in [-0.2, 0) is 7.05 Å². The van der Waals surface area contributed by atoms with E-state index in [9.17, 15) is 4.79 Å². The van der Waals surface area contributed by atoms with E-state index in [0.717, 1.165) is 22.9 Å². The van der Waals surface area contributed by atoms with E-state index in [4.69, 9.17) is 0 Å². The van der Waals surface area contributed by atoms with Gasteiger partial charge in [0, 0.05) is 44.6 Å². The molecule has 0 saturated carbocycles. The number of carbonyl (C=O) groups excluding carboxylic acids is 1. The molecule has 27 heavy (non-hydrogen) atoms. The van der Waals surface area contributed by atoms with Crippen molar-refractivity contribution in [2.24, 2.45) is 7.05 Å². The van der Waals surface area contributed by atoms with Crippen molar-refractivity contribution >= 4 is 42.1 Å². The lowest BCUT2D eigenvalue weighted by Gasteiger charge is -2.35. The van der Waals surface area contributed by atoms with Crippen LogP contribution in [0.15, 0.2) is 48.9 Å². The maximum atomic E-state index is 13.1. The third kappa shape index (κ3) is 4.32. The smallest absolute Gasteiger partial charge is 0.266 e. The number of nitrogens with zero attached hydrogens (tertiary/aromatic N) is 4. The van der Waals surface area contributed by atoms with Crippen molar-refractivity contribution in [1.82, 2.24) is 24.8 Å². The first-order valence-corrected chi connectivity index (χ1v) is 9.06. The number of carbonyl (C=O) groups is 1. The van der Waals surface area contributed by atoms with Crippen LogP contribution < -0.4 is 5.32 Å². The highest BCUT2D eigenvalue weighted by Gasteiger charge is 2.31. The molecule has 1 unspecified atom stereocenters. The largest absolute Gasteiger partial charge is 0.336 e. The zero-order valence-corrected chi connectivity index (χ0v) is 17.2. The fourth-order valence-electron chi connectivity index (χ4n) is 3.11. The maximum absolute atomic E-state index is 13.1. The number of halogens is 2. The van der Waals surface area contributed by atoms with Crippen molar-refractivity contribution < 1.29 is 4.79 Å². The second-order valence-electron chi connectivity index (χ2n) is 6.01.